The second kappa shape index (κ2) is 8.13. The molecule has 1 N–H and O–H groups in total. The second-order valence-electron chi connectivity index (χ2n) is 6.25. The molecule has 0 aromatic carbocycles. The summed E-state index contributed by atoms with van der Waals surface area (Å²) >= 11 is 0. The molecule has 1 fully saturated rings. The van der Waals surface area contributed by atoms with Crippen LogP contribution in [0.25, 0.3) is 0 Å². The second-order valence-corrected chi connectivity index (χ2v) is 6.25. The summed E-state index contributed by atoms with van der Waals surface area (Å²) in [5.74, 6) is 2.74. The van der Waals surface area contributed by atoms with Crippen molar-refractivity contribution >= 4 is 0 Å². The summed E-state index contributed by atoms with van der Waals surface area (Å²) in [6, 6.07) is 0.750. The minimum Gasteiger partial charge on any atom is -0.314 e. The van der Waals surface area contributed by atoms with Crippen molar-refractivity contribution in [3.05, 3.63) is 0 Å². The zero-order valence-electron chi connectivity index (χ0n) is 12.5. The van der Waals surface area contributed by atoms with E-state index in [-0.39, 0.29) is 0 Å². The van der Waals surface area contributed by atoms with Gasteiger partial charge in [0.2, 0.25) is 0 Å². The van der Waals surface area contributed by atoms with Gasteiger partial charge in [-0.05, 0) is 37.1 Å². The molecule has 1 saturated carbocycles. The van der Waals surface area contributed by atoms with Gasteiger partial charge in [-0.3, -0.25) is 0 Å². The largest absolute Gasteiger partial charge is 0.314 e. The first-order chi connectivity index (χ1) is 8.19. The Morgan fingerprint density at radius 1 is 1.06 bits per heavy atom. The lowest BCUT2D eigenvalue weighted by molar-refractivity contribution is 0.259. The van der Waals surface area contributed by atoms with E-state index in [2.05, 4.69) is 33.0 Å². The average Bonchev–Trinajstić information content (AvgIpc) is 2.52. The summed E-state index contributed by atoms with van der Waals surface area (Å²) in [5, 5.41) is 3.73. The zero-order chi connectivity index (χ0) is 12.7. The van der Waals surface area contributed by atoms with E-state index in [0.717, 1.165) is 30.3 Å². The summed E-state index contributed by atoms with van der Waals surface area (Å²) < 4.78 is 0. The Labute approximate surface area is 109 Å². The molecule has 1 rings (SSSR count). The van der Waals surface area contributed by atoms with Crippen LogP contribution in [-0.2, 0) is 0 Å². The molecule has 0 aliphatic heterocycles. The zero-order valence-corrected chi connectivity index (χ0v) is 12.5. The van der Waals surface area contributed by atoms with Crippen LogP contribution in [0.1, 0.15) is 72.6 Å². The van der Waals surface area contributed by atoms with Gasteiger partial charge in [0.1, 0.15) is 0 Å². The van der Waals surface area contributed by atoms with E-state index >= 15 is 0 Å². The summed E-state index contributed by atoms with van der Waals surface area (Å²) in [6.45, 7) is 10.4. The van der Waals surface area contributed by atoms with Crippen LogP contribution in [0.4, 0.5) is 0 Å². The molecule has 1 heteroatoms. The third kappa shape index (κ3) is 4.99. The summed E-state index contributed by atoms with van der Waals surface area (Å²) in [4.78, 5) is 0. The first-order valence-electron chi connectivity index (χ1n) is 7.92. The van der Waals surface area contributed by atoms with Crippen molar-refractivity contribution in [3.63, 3.8) is 0 Å². The first kappa shape index (κ1) is 15.0. The van der Waals surface area contributed by atoms with Gasteiger partial charge in [-0.1, -0.05) is 59.8 Å². The van der Waals surface area contributed by atoms with Crippen molar-refractivity contribution in [1.29, 1.82) is 0 Å². The number of nitrogens with one attached hydrogen (secondary N) is 1. The van der Waals surface area contributed by atoms with Crippen LogP contribution < -0.4 is 5.32 Å². The fourth-order valence-electron chi connectivity index (χ4n) is 3.65. The van der Waals surface area contributed by atoms with Gasteiger partial charge in [0.15, 0.2) is 0 Å². The lowest BCUT2D eigenvalue weighted by Crippen LogP contribution is -2.40. The van der Waals surface area contributed by atoms with Crippen molar-refractivity contribution < 1.29 is 0 Å². The highest BCUT2D eigenvalue weighted by Gasteiger charge is 2.26. The van der Waals surface area contributed by atoms with Crippen molar-refractivity contribution in [2.24, 2.45) is 17.8 Å². The van der Waals surface area contributed by atoms with E-state index in [0.29, 0.717) is 0 Å². The van der Waals surface area contributed by atoms with Crippen LogP contribution in [0.15, 0.2) is 0 Å². The molecule has 3 unspecified atom stereocenters. The maximum Gasteiger partial charge on any atom is 0.0118 e. The number of hydrogen-bond acceptors (Lipinski definition) is 1. The van der Waals surface area contributed by atoms with Crippen molar-refractivity contribution in [2.45, 2.75) is 78.7 Å². The predicted octanol–water partition coefficient (Wildman–Crippen LogP) is 4.62. The van der Waals surface area contributed by atoms with Gasteiger partial charge in [-0.15, -0.1) is 0 Å². The minimum absolute atomic E-state index is 0.750. The molecular formula is C16H33N. The average molecular weight is 239 g/mol. The highest BCUT2D eigenvalue weighted by molar-refractivity contribution is 4.82. The number of rotatable bonds is 6. The Hall–Kier alpha value is -0.0400. The summed E-state index contributed by atoms with van der Waals surface area (Å²) in [6.07, 6.45) is 10.2. The fourth-order valence-corrected chi connectivity index (χ4v) is 3.65. The quantitative estimate of drug-likeness (QED) is 0.667. The van der Waals surface area contributed by atoms with Gasteiger partial charge < -0.3 is 5.32 Å². The monoisotopic (exact) mass is 239 g/mol. The third-order valence-corrected chi connectivity index (χ3v) is 4.50. The molecule has 0 bridgehead atoms. The first-order valence-corrected chi connectivity index (χ1v) is 7.92. The SMILES string of the molecule is CCCC1CCCC(C(NCC)C(C)C)CC1. The van der Waals surface area contributed by atoms with E-state index in [9.17, 15) is 0 Å². The lowest BCUT2D eigenvalue weighted by atomic mass is 9.84. The lowest BCUT2D eigenvalue weighted by Gasteiger charge is -2.30. The minimum atomic E-state index is 0.750. The van der Waals surface area contributed by atoms with Crippen LogP contribution in [0, 0.1) is 17.8 Å². The van der Waals surface area contributed by atoms with E-state index in [1.165, 1.54) is 44.9 Å². The maximum atomic E-state index is 3.73. The van der Waals surface area contributed by atoms with E-state index < -0.39 is 0 Å². The normalized spacial score (nSPS) is 28.1. The molecule has 0 aromatic rings. The van der Waals surface area contributed by atoms with E-state index in [4.69, 9.17) is 0 Å². The molecule has 0 aromatic heterocycles. The maximum absolute atomic E-state index is 3.73. The van der Waals surface area contributed by atoms with Gasteiger partial charge >= 0.3 is 0 Å². The van der Waals surface area contributed by atoms with E-state index in [1.807, 2.05) is 0 Å². The summed E-state index contributed by atoms with van der Waals surface area (Å²) in [5.41, 5.74) is 0. The smallest absolute Gasteiger partial charge is 0.0118 e. The molecule has 1 nitrogen and oxygen atoms in total. The van der Waals surface area contributed by atoms with Gasteiger partial charge in [0, 0.05) is 6.04 Å². The Morgan fingerprint density at radius 2 is 1.82 bits per heavy atom. The predicted molar refractivity (Wildman–Crippen MR) is 77.3 cm³/mol. The molecule has 102 valence electrons. The standard InChI is InChI=1S/C16H33N/c1-5-8-14-9-7-10-15(12-11-14)16(13(3)4)17-6-2/h13-17H,5-12H2,1-4H3. The molecule has 0 heterocycles. The van der Waals surface area contributed by atoms with Gasteiger partial charge in [-0.25, -0.2) is 0 Å². The molecule has 3 atom stereocenters. The molecule has 17 heavy (non-hydrogen) atoms. The topological polar surface area (TPSA) is 12.0 Å². The van der Waals surface area contributed by atoms with Crippen molar-refractivity contribution in [3.8, 4) is 0 Å². The van der Waals surface area contributed by atoms with Crippen molar-refractivity contribution in [1.82, 2.24) is 5.32 Å². The third-order valence-electron chi connectivity index (χ3n) is 4.50. The van der Waals surface area contributed by atoms with Gasteiger partial charge in [-0.2, -0.15) is 0 Å². The highest BCUT2D eigenvalue weighted by Crippen LogP contribution is 2.33. The van der Waals surface area contributed by atoms with Crippen LogP contribution in [0.2, 0.25) is 0 Å². The van der Waals surface area contributed by atoms with Crippen LogP contribution in [-0.4, -0.2) is 12.6 Å². The van der Waals surface area contributed by atoms with Gasteiger partial charge in [0.05, 0.1) is 0 Å². The van der Waals surface area contributed by atoms with Gasteiger partial charge in [0.25, 0.3) is 0 Å². The van der Waals surface area contributed by atoms with Crippen molar-refractivity contribution in [2.75, 3.05) is 6.54 Å². The summed E-state index contributed by atoms with van der Waals surface area (Å²) in [7, 11) is 0. The molecule has 0 amide bonds. The Balaban J connectivity index is 2.47. The molecule has 1 aliphatic rings. The molecule has 0 saturated heterocycles. The molecular weight excluding hydrogens is 206 g/mol. The fraction of sp³-hybridized carbons (Fsp3) is 1.00. The molecule has 0 spiro atoms. The van der Waals surface area contributed by atoms with Crippen LogP contribution >= 0.6 is 0 Å². The van der Waals surface area contributed by atoms with Crippen LogP contribution in [0.5, 0.6) is 0 Å². The number of hydrogen-bond donors (Lipinski definition) is 1. The Morgan fingerprint density at radius 3 is 2.41 bits per heavy atom. The highest BCUT2D eigenvalue weighted by atomic mass is 14.9. The van der Waals surface area contributed by atoms with E-state index in [1.54, 1.807) is 0 Å². The van der Waals surface area contributed by atoms with Crippen LogP contribution in [0.3, 0.4) is 0 Å². The Kier molecular flexibility index (Phi) is 7.18. The Bertz CT molecular complexity index is 188. The molecule has 1 aliphatic carbocycles. The molecule has 0 radical (unpaired) electrons.